The average Bonchev–Trinajstić information content (AvgIpc) is 2.82. The number of carbonyl (C=O) groups excluding carboxylic acids is 3. The van der Waals surface area contributed by atoms with E-state index in [1.54, 1.807) is 24.3 Å². The lowest BCUT2D eigenvalue weighted by Crippen LogP contribution is -2.48. The molecule has 0 saturated carbocycles. The number of aromatic nitrogens is 2. The molecule has 0 saturated heterocycles. The van der Waals surface area contributed by atoms with Gasteiger partial charge in [0.1, 0.15) is 12.4 Å². The summed E-state index contributed by atoms with van der Waals surface area (Å²) in [6.07, 6.45) is 0.651. The van der Waals surface area contributed by atoms with Gasteiger partial charge in [-0.15, -0.1) is 0 Å². The number of halogens is 1. The van der Waals surface area contributed by atoms with Crippen molar-refractivity contribution in [3.8, 4) is 0 Å². The zero-order valence-corrected chi connectivity index (χ0v) is 17.9. The Balaban J connectivity index is 1.54. The second kappa shape index (κ2) is 10.8. The van der Waals surface area contributed by atoms with Crippen molar-refractivity contribution in [1.82, 2.24) is 31.3 Å². The number of nitrogens with one attached hydrogen (secondary N) is 4. The zero-order valence-electron chi connectivity index (χ0n) is 17.9. The highest BCUT2D eigenvalue weighted by atomic mass is 19.1. The van der Waals surface area contributed by atoms with Gasteiger partial charge in [0, 0.05) is 18.5 Å². The first kappa shape index (κ1) is 23.4. The van der Waals surface area contributed by atoms with Crippen molar-refractivity contribution in [3.63, 3.8) is 0 Å². The van der Waals surface area contributed by atoms with E-state index < -0.39 is 24.4 Å². The van der Waals surface area contributed by atoms with E-state index in [1.165, 1.54) is 28.9 Å². The highest BCUT2D eigenvalue weighted by molar-refractivity contribution is 6.05. The molecule has 172 valence electrons. The van der Waals surface area contributed by atoms with E-state index in [0.29, 0.717) is 29.3 Å². The first-order chi connectivity index (χ1) is 15.9. The summed E-state index contributed by atoms with van der Waals surface area (Å²) < 4.78 is 14.1. The molecule has 33 heavy (non-hydrogen) atoms. The molecule has 0 atom stereocenters. The third-order valence-electron chi connectivity index (χ3n) is 4.61. The molecule has 0 fully saturated rings. The molecule has 4 amide bonds. The number of aryl methyl sites for hydroxylation is 1. The van der Waals surface area contributed by atoms with Crippen LogP contribution in [0.25, 0.3) is 10.8 Å². The topological polar surface area (TPSA) is 134 Å². The van der Waals surface area contributed by atoms with E-state index in [4.69, 9.17) is 0 Å². The summed E-state index contributed by atoms with van der Waals surface area (Å²) in [6.45, 7) is 1.97. The number of carbonyl (C=O) groups is 3. The maximum atomic E-state index is 12.9. The van der Waals surface area contributed by atoms with Crippen LogP contribution in [-0.4, -0.2) is 34.2 Å². The molecule has 11 heteroatoms. The predicted octanol–water partition coefficient (Wildman–Crippen LogP) is 1.21. The van der Waals surface area contributed by atoms with Gasteiger partial charge in [-0.05, 0) is 30.2 Å². The van der Waals surface area contributed by atoms with Crippen molar-refractivity contribution in [2.45, 2.75) is 26.4 Å². The number of hydrogen-bond donors (Lipinski definition) is 4. The van der Waals surface area contributed by atoms with E-state index in [1.807, 2.05) is 6.92 Å². The van der Waals surface area contributed by atoms with Gasteiger partial charge < -0.3 is 10.6 Å². The number of urea groups is 1. The molecule has 0 aliphatic heterocycles. The van der Waals surface area contributed by atoms with Crippen molar-refractivity contribution in [3.05, 3.63) is 76.0 Å². The van der Waals surface area contributed by atoms with Gasteiger partial charge in [0.25, 0.3) is 17.4 Å². The lowest BCUT2D eigenvalue weighted by atomic mass is 10.1. The minimum Gasteiger partial charge on any atom is -0.334 e. The fourth-order valence-electron chi connectivity index (χ4n) is 3.00. The van der Waals surface area contributed by atoms with E-state index >= 15 is 0 Å². The van der Waals surface area contributed by atoms with Crippen LogP contribution in [0.5, 0.6) is 0 Å². The average molecular weight is 454 g/mol. The molecule has 2 aromatic carbocycles. The Morgan fingerprint density at radius 2 is 1.67 bits per heavy atom. The largest absolute Gasteiger partial charge is 0.334 e. The number of hydrazine groups is 1. The number of rotatable bonds is 7. The van der Waals surface area contributed by atoms with Gasteiger partial charge in [-0.1, -0.05) is 37.3 Å². The summed E-state index contributed by atoms with van der Waals surface area (Å²) in [7, 11) is 0. The molecule has 4 N–H and O–H groups in total. The Morgan fingerprint density at radius 1 is 0.970 bits per heavy atom. The van der Waals surface area contributed by atoms with Gasteiger partial charge in [0.2, 0.25) is 0 Å². The second-order valence-electron chi connectivity index (χ2n) is 7.09. The Kier molecular flexibility index (Phi) is 7.68. The summed E-state index contributed by atoms with van der Waals surface area (Å²) in [5.74, 6) is -1.76. The Hall–Kier alpha value is -4.28. The Labute approximate surface area is 188 Å². The van der Waals surface area contributed by atoms with Crippen LogP contribution >= 0.6 is 0 Å². The third-order valence-corrected chi connectivity index (χ3v) is 4.61. The maximum absolute atomic E-state index is 12.9. The molecular weight excluding hydrogens is 431 g/mol. The number of hydrogen-bond acceptors (Lipinski definition) is 5. The Bertz CT molecular complexity index is 1230. The first-order valence-electron chi connectivity index (χ1n) is 10.2. The smallest absolute Gasteiger partial charge is 0.315 e. The minimum absolute atomic E-state index is 0.0102. The van der Waals surface area contributed by atoms with Gasteiger partial charge in [-0.3, -0.25) is 25.2 Å². The van der Waals surface area contributed by atoms with Gasteiger partial charge in [0.15, 0.2) is 5.69 Å². The third kappa shape index (κ3) is 6.12. The normalized spacial score (nSPS) is 10.5. The fourth-order valence-corrected chi connectivity index (χ4v) is 3.00. The van der Waals surface area contributed by atoms with Crippen LogP contribution in [0.4, 0.5) is 9.18 Å². The molecular formula is C22H23FN6O4. The molecule has 0 bridgehead atoms. The van der Waals surface area contributed by atoms with Gasteiger partial charge in [-0.25, -0.2) is 13.9 Å². The molecule has 3 aromatic rings. The molecule has 0 aliphatic carbocycles. The van der Waals surface area contributed by atoms with Crippen LogP contribution in [0, 0.1) is 5.82 Å². The van der Waals surface area contributed by atoms with Crippen LogP contribution in [0.15, 0.2) is 53.3 Å². The standard InChI is InChI=1S/C22H23FN6O4/c1-2-11-29-21(32)17-6-4-3-5-16(17)19(28-29)20(31)27-26-18(30)13-25-22(33)24-12-14-7-9-15(23)10-8-14/h3-10H,2,11-13H2,1H3,(H,26,30)(H,27,31)(H2,24,25,33). The van der Waals surface area contributed by atoms with Gasteiger partial charge in [0.05, 0.1) is 5.39 Å². The lowest BCUT2D eigenvalue weighted by Gasteiger charge is -2.12. The quantitative estimate of drug-likeness (QED) is 0.398. The predicted molar refractivity (Wildman–Crippen MR) is 119 cm³/mol. The highest BCUT2D eigenvalue weighted by Gasteiger charge is 2.17. The summed E-state index contributed by atoms with van der Waals surface area (Å²) in [4.78, 5) is 48.9. The molecule has 1 heterocycles. The summed E-state index contributed by atoms with van der Waals surface area (Å²) in [5, 5.41) is 9.71. The molecule has 10 nitrogen and oxygen atoms in total. The van der Waals surface area contributed by atoms with Gasteiger partial charge in [-0.2, -0.15) is 5.10 Å². The zero-order chi connectivity index (χ0) is 23.8. The number of benzene rings is 2. The van der Waals surface area contributed by atoms with Crippen molar-refractivity contribution >= 4 is 28.6 Å². The molecule has 0 aliphatic rings. The van der Waals surface area contributed by atoms with Crippen LogP contribution in [0.2, 0.25) is 0 Å². The van der Waals surface area contributed by atoms with E-state index in [2.05, 4.69) is 26.6 Å². The maximum Gasteiger partial charge on any atom is 0.315 e. The van der Waals surface area contributed by atoms with Crippen molar-refractivity contribution in [2.24, 2.45) is 0 Å². The molecule has 0 spiro atoms. The molecule has 0 radical (unpaired) electrons. The van der Waals surface area contributed by atoms with Crippen LogP contribution in [0.1, 0.15) is 29.4 Å². The fraction of sp³-hybridized carbons (Fsp3) is 0.227. The SMILES string of the molecule is CCCn1nc(C(=O)NNC(=O)CNC(=O)NCc2ccc(F)cc2)c2ccccc2c1=O. The summed E-state index contributed by atoms with van der Waals surface area (Å²) in [5.41, 5.74) is 4.82. The molecule has 1 aromatic heterocycles. The number of fused-ring (bicyclic) bond motifs is 1. The number of nitrogens with zero attached hydrogens (tertiary/aromatic N) is 2. The summed E-state index contributed by atoms with van der Waals surface area (Å²) in [6, 6.07) is 11.6. The molecule has 3 rings (SSSR count). The lowest BCUT2D eigenvalue weighted by molar-refractivity contribution is -0.120. The van der Waals surface area contributed by atoms with Gasteiger partial charge >= 0.3 is 6.03 Å². The van der Waals surface area contributed by atoms with Crippen LogP contribution < -0.4 is 27.0 Å². The van der Waals surface area contributed by atoms with Crippen molar-refractivity contribution in [1.29, 1.82) is 0 Å². The first-order valence-corrected chi connectivity index (χ1v) is 10.2. The second-order valence-corrected chi connectivity index (χ2v) is 7.09. The van der Waals surface area contributed by atoms with Crippen molar-refractivity contribution in [2.75, 3.05) is 6.54 Å². The monoisotopic (exact) mass is 454 g/mol. The highest BCUT2D eigenvalue weighted by Crippen LogP contribution is 2.13. The van der Waals surface area contributed by atoms with E-state index in [0.717, 1.165) is 0 Å². The van der Waals surface area contributed by atoms with Crippen LogP contribution in [-0.2, 0) is 17.9 Å². The number of amides is 4. The Morgan fingerprint density at radius 3 is 2.36 bits per heavy atom. The van der Waals surface area contributed by atoms with Crippen molar-refractivity contribution < 1.29 is 18.8 Å². The summed E-state index contributed by atoms with van der Waals surface area (Å²) >= 11 is 0. The van der Waals surface area contributed by atoms with E-state index in [-0.39, 0.29) is 23.6 Å². The van der Waals surface area contributed by atoms with E-state index in [9.17, 15) is 23.6 Å². The molecule has 0 unspecified atom stereocenters. The minimum atomic E-state index is -0.704. The van der Waals surface area contributed by atoms with Crippen LogP contribution in [0.3, 0.4) is 0 Å².